The summed E-state index contributed by atoms with van der Waals surface area (Å²) in [5.74, 6) is 0. The first-order chi connectivity index (χ1) is 6.63. The predicted molar refractivity (Wildman–Crippen MR) is 50.8 cm³/mol. The van der Waals surface area contributed by atoms with E-state index in [-0.39, 0.29) is 0 Å². The van der Waals surface area contributed by atoms with Crippen molar-refractivity contribution < 1.29 is 30.2 Å². The number of halogens is 6. The molecule has 0 spiro atoms. The van der Waals surface area contributed by atoms with Crippen molar-refractivity contribution in [2.75, 3.05) is 0 Å². The second kappa shape index (κ2) is 3.58. The number of aromatic amines is 1. The average molecular weight is 267 g/mol. The molecule has 96 valence electrons. The second-order valence-corrected chi connectivity index (χ2v) is 5.40. The summed E-state index contributed by atoms with van der Waals surface area (Å²) < 4.78 is 59.2. The Morgan fingerprint density at radius 2 is 1.06 bits per heavy atom. The van der Waals surface area contributed by atoms with Crippen LogP contribution in [0.4, 0.5) is 25.2 Å². The van der Waals surface area contributed by atoms with Crippen molar-refractivity contribution >= 4 is 7.81 Å². The van der Waals surface area contributed by atoms with Crippen molar-refractivity contribution in [2.24, 2.45) is 0 Å². The number of H-pyrrole nitrogens is 1. The number of aryl methyl sites for hydroxylation is 3. The van der Waals surface area contributed by atoms with Crippen molar-refractivity contribution in [3.05, 3.63) is 29.1 Å². The van der Waals surface area contributed by atoms with E-state index >= 15 is 0 Å². The molecule has 1 aromatic rings. The molecule has 1 aromatic heterocycles. The first kappa shape index (κ1) is 15.2. The molecule has 0 radical (unpaired) electrons. The summed E-state index contributed by atoms with van der Waals surface area (Å²) in [6.07, 6.45) is 0. The molecule has 0 aliphatic heterocycles. The average Bonchev–Trinajstić information content (AvgIpc) is 1.73. The summed E-state index contributed by atoms with van der Waals surface area (Å²) in [4.78, 5) is 3.21. The van der Waals surface area contributed by atoms with E-state index < -0.39 is 7.81 Å². The van der Waals surface area contributed by atoms with Crippen LogP contribution in [-0.2, 0) is 0 Å². The first-order valence-corrected chi connectivity index (χ1v) is 6.20. The van der Waals surface area contributed by atoms with E-state index in [1.54, 1.807) is 0 Å². The van der Waals surface area contributed by atoms with Crippen LogP contribution in [0.25, 0.3) is 0 Å². The van der Waals surface area contributed by atoms with Crippen molar-refractivity contribution in [2.45, 2.75) is 20.8 Å². The van der Waals surface area contributed by atoms with E-state index in [1.165, 1.54) is 17.0 Å². The van der Waals surface area contributed by atoms with Crippen LogP contribution in [0.5, 0.6) is 0 Å². The second-order valence-electron chi connectivity index (χ2n) is 3.48. The Labute approximate surface area is 88.7 Å². The molecule has 0 aliphatic rings. The Morgan fingerprint density at radius 3 is 1.25 bits per heavy atom. The summed E-state index contributed by atoms with van der Waals surface area (Å²) in [7, 11) is -10.7. The van der Waals surface area contributed by atoms with Crippen molar-refractivity contribution in [3.63, 3.8) is 0 Å². The minimum absolute atomic E-state index is 1.23. The zero-order valence-electron chi connectivity index (χ0n) is 8.87. The zero-order chi connectivity index (χ0) is 13.3. The summed E-state index contributed by atoms with van der Waals surface area (Å²) in [5.41, 5.74) is 3.78. The van der Waals surface area contributed by atoms with Gasteiger partial charge in [0.05, 0.1) is 0 Å². The third kappa shape index (κ3) is 15.6. The number of pyridine rings is 1. The quantitative estimate of drug-likeness (QED) is 0.473. The molecule has 0 saturated carbocycles. The maximum absolute atomic E-state index is 10.7. The van der Waals surface area contributed by atoms with Crippen LogP contribution in [0.2, 0.25) is 0 Å². The molecule has 0 unspecified atom stereocenters. The van der Waals surface area contributed by atoms with Gasteiger partial charge in [0.1, 0.15) is 0 Å². The molecule has 1 N–H and O–H groups in total. The van der Waals surface area contributed by atoms with Gasteiger partial charge in [-0.1, -0.05) is 0 Å². The van der Waals surface area contributed by atoms with Gasteiger partial charge in [-0.2, -0.15) is 0 Å². The van der Waals surface area contributed by atoms with E-state index in [0.717, 1.165) is 0 Å². The third-order valence-corrected chi connectivity index (χ3v) is 1.28. The Hall–Kier alpha value is -0.840. The molecular weight excluding hydrogens is 255 g/mol. The fourth-order valence-corrected chi connectivity index (χ4v) is 1.11. The first-order valence-electron chi connectivity index (χ1n) is 4.17. The summed E-state index contributed by atoms with van der Waals surface area (Å²) in [6.45, 7) is 6.24. The third-order valence-electron chi connectivity index (χ3n) is 1.28. The van der Waals surface area contributed by atoms with Crippen molar-refractivity contribution in [3.8, 4) is 0 Å². The van der Waals surface area contributed by atoms with Gasteiger partial charge in [0, 0.05) is 26.0 Å². The number of nitrogens with one attached hydrogen (secondary N) is 1. The Morgan fingerprint density at radius 1 is 0.812 bits per heavy atom. The number of rotatable bonds is 0. The molecule has 0 fully saturated rings. The molecule has 0 aliphatic carbocycles. The van der Waals surface area contributed by atoms with Crippen LogP contribution in [0.15, 0.2) is 12.1 Å². The van der Waals surface area contributed by atoms with Gasteiger partial charge in [0.2, 0.25) is 0 Å². The summed E-state index contributed by atoms with van der Waals surface area (Å²) in [6, 6.07) is 4.26. The molecule has 0 atom stereocenters. The van der Waals surface area contributed by atoms with Crippen LogP contribution in [-0.4, -0.2) is 0 Å². The van der Waals surface area contributed by atoms with Crippen LogP contribution in [0, 0.1) is 20.8 Å². The molecule has 0 bridgehead atoms. The minimum atomic E-state index is -10.7. The summed E-state index contributed by atoms with van der Waals surface area (Å²) >= 11 is 0. The van der Waals surface area contributed by atoms with E-state index in [2.05, 4.69) is 37.9 Å². The molecular formula is C8H12F6NP. The molecule has 1 nitrogen and oxygen atoms in total. The SMILES string of the molecule is Cc1cc(C)[nH+]c(C)c1.F[P-](F)(F)(F)(F)F. The number of aromatic nitrogens is 1. The van der Waals surface area contributed by atoms with Gasteiger partial charge in [0.25, 0.3) is 0 Å². The fourth-order valence-electron chi connectivity index (χ4n) is 1.11. The van der Waals surface area contributed by atoms with E-state index in [0.29, 0.717) is 0 Å². The van der Waals surface area contributed by atoms with Crippen molar-refractivity contribution in [1.29, 1.82) is 0 Å². The Bertz CT molecular complexity index is 320. The normalized spacial score (nSPS) is 15.6. The molecule has 1 heterocycles. The number of hydrogen-bond acceptors (Lipinski definition) is 0. The van der Waals surface area contributed by atoms with Gasteiger partial charge in [-0.25, -0.2) is 4.98 Å². The van der Waals surface area contributed by atoms with Crippen molar-refractivity contribution in [1.82, 2.24) is 0 Å². The van der Waals surface area contributed by atoms with E-state index in [9.17, 15) is 25.2 Å². The van der Waals surface area contributed by atoms with Crippen LogP contribution < -0.4 is 4.98 Å². The van der Waals surface area contributed by atoms with Gasteiger partial charge in [-0.3, -0.25) is 0 Å². The van der Waals surface area contributed by atoms with Gasteiger partial charge in [-0.15, -0.1) is 0 Å². The molecule has 0 amide bonds. The zero-order valence-corrected chi connectivity index (χ0v) is 9.76. The van der Waals surface area contributed by atoms with Crippen LogP contribution >= 0.6 is 7.81 Å². The molecule has 8 heteroatoms. The fraction of sp³-hybridized carbons (Fsp3) is 0.375. The predicted octanol–water partition coefficient (Wildman–Crippen LogP) is 4.81. The molecule has 0 aromatic carbocycles. The Kier molecular flexibility index (Phi) is 3.40. The monoisotopic (exact) mass is 267 g/mol. The summed E-state index contributed by atoms with van der Waals surface area (Å²) in [5, 5.41) is 0. The van der Waals surface area contributed by atoms with Gasteiger partial charge >= 0.3 is 33.0 Å². The standard InChI is InChI=1S/C8H11N.F6P/c1-6-4-7(2)9-8(3)5-6;1-7(2,3,4,5)6/h4-5H,1-3H3;/q;-1/p+1. The van der Waals surface area contributed by atoms with Gasteiger partial charge in [-0.05, 0) is 12.5 Å². The number of hydrogen-bond donors (Lipinski definition) is 0. The van der Waals surface area contributed by atoms with E-state index in [1.807, 2.05) is 0 Å². The maximum atomic E-state index is 9.87. The Balaban J connectivity index is 0.000000293. The van der Waals surface area contributed by atoms with Crippen LogP contribution in [0.1, 0.15) is 17.0 Å². The van der Waals surface area contributed by atoms with Gasteiger partial charge in [0.15, 0.2) is 11.4 Å². The van der Waals surface area contributed by atoms with Gasteiger partial charge < -0.3 is 0 Å². The topological polar surface area (TPSA) is 14.1 Å². The molecule has 0 saturated heterocycles. The molecule has 16 heavy (non-hydrogen) atoms. The van der Waals surface area contributed by atoms with E-state index in [4.69, 9.17) is 0 Å². The molecule has 1 rings (SSSR count). The van der Waals surface area contributed by atoms with Crippen LogP contribution in [0.3, 0.4) is 0 Å².